The summed E-state index contributed by atoms with van der Waals surface area (Å²) in [7, 11) is 3.38. The molecular weight excluding hydrogens is 321 g/mol. The maximum Gasteiger partial charge on any atom is 0.329 e. The highest BCUT2D eigenvalue weighted by atomic mass is 19.1. The smallest absolute Gasteiger partial charge is 0.329 e. The number of likely N-dealkylation sites (N-methyl/N-ethyl adjacent to an activating group) is 1. The molecule has 3 rings (SSSR count). The predicted molar refractivity (Wildman–Crippen MR) is 94.8 cm³/mol. The fourth-order valence-corrected chi connectivity index (χ4v) is 2.94. The van der Waals surface area contributed by atoms with Crippen molar-refractivity contribution in [3.05, 3.63) is 70.4 Å². The molecule has 5 nitrogen and oxygen atoms in total. The van der Waals surface area contributed by atoms with Gasteiger partial charge in [0, 0.05) is 14.1 Å². The highest BCUT2D eigenvalue weighted by Gasteiger charge is 2.20. The van der Waals surface area contributed by atoms with Gasteiger partial charge in [0.05, 0.1) is 17.1 Å². The molecule has 0 fully saturated rings. The number of carbonyl (C=O) groups is 1. The topological polar surface area (TPSA) is 47.2 Å². The zero-order chi connectivity index (χ0) is 18.1. The molecule has 0 aliphatic carbocycles. The number of benzene rings is 2. The molecular formula is C19H20FN3O2. The Morgan fingerprint density at radius 3 is 2.36 bits per heavy atom. The minimum absolute atomic E-state index is 0.0395. The van der Waals surface area contributed by atoms with Gasteiger partial charge in [-0.2, -0.15) is 0 Å². The summed E-state index contributed by atoms with van der Waals surface area (Å²) in [6, 6.07) is 13.2. The van der Waals surface area contributed by atoms with E-state index in [1.54, 1.807) is 31.1 Å². The van der Waals surface area contributed by atoms with Gasteiger partial charge in [-0.15, -0.1) is 0 Å². The lowest BCUT2D eigenvalue weighted by Crippen LogP contribution is -2.35. The van der Waals surface area contributed by atoms with Crippen molar-refractivity contribution in [3.8, 4) is 0 Å². The summed E-state index contributed by atoms with van der Waals surface area (Å²) in [6.07, 6.45) is 0. The molecule has 0 bridgehead atoms. The molecule has 1 amide bonds. The molecule has 6 heteroatoms. The highest BCUT2D eigenvalue weighted by Crippen LogP contribution is 2.20. The summed E-state index contributed by atoms with van der Waals surface area (Å²) in [4.78, 5) is 26.7. The first-order valence-corrected chi connectivity index (χ1v) is 8.05. The second-order valence-electron chi connectivity index (χ2n) is 6.15. The van der Waals surface area contributed by atoms with Crippen LogP contribution in [0.1, 0.15) is 18.5 Å². The Hall–Kier alpha value is -2.89. The van der Waals surface area contributed by atoms with Crippen LogP contribution in [0.2, 0.25) is 0 Å². The zero-order valence-corrected chi connectivity index (χ0v) is 14.4. The minimum Gasteiger partial charge on any atom is -0.337 e. The lowest BCUT2D eigenvalue weighted by Gasteiger charge is -2.25. The largest absolute Gasteiger partial charge is 0.337 e. The molecule has 0 radical (unpaired) electrons. The average Bonchev–Trinajstić information content (AvgIpc) is 2.86. The van der Waals surface area contributed by atoms with E-state index in [0.717, 1.165) is 16.6 Å². The van der Waals surface area contributed by atoms with Crippen LogP contribution < -0.4 is 5.69 Å². The van der Waals surface area contributed by atoms with Gasteiger partial charge >= 0.3 is 5.69 Å². The molecule has 1 aromatic heterocycles. The van der Waals surface area contributed by atoms with E-state index >= 15 is 0 Å². The van der Waals surface area contributed by atoms with E-state index in [1.807, 2.05) is 31.2 Å². The molecule has 0 saturated heterocycles. The maximum absolute atomic E-state index is 13.1. The van der Waals surface area contributed by atoms with Crippen molar-refractivity contribution >= 4 is 16.9 Å². The van der Waals surface area contributed by atoms with Gasteiger partial charge in [0.15, 0.2) is 0 Å². The average molecular weight is 341 g/mol. The summed E-state index contributed by atoms with van der Waals surface area (Å²) in [5.41, 5.74) is 2.13. The first kappa shape index (κ1) is 17.0. The van der Waals surface area contributed by atoms with Crippen LogP contribution in [0.3, 0.4) is 0 Å². The van der Waals surface area contributed by atoms with Crippen molar-refractivity contribution in [3.63, 3.8) is 0 Å². The monoisotopic (exact) mass is 341 g/mol. The number of carbonyl (C=O) groups excluding carboxylic acids is 1. The normalized spacial score (nSPS) is 12.3. The van der Waals surface area contributed by atoms with E-state index in [-0.39, 0.29) is 30.0 Å². The number of hydrogen-bond donors (Lipinski definition) is 0. The lowest BCUT2D eigenvalue weighted by molar-refractivity contribution is -0.132. The van der Waals surface area contributed by atoms with Crippen molar-refractivity contribution in [1.29, 1.82) is 0 Å². The van der Waals surface area contributed by atoms with Gasteiger partial charge in [-0.1, -0.05) is 24.3 Å². The molecule has 0 aliphatic heterocycles. The number of rotatable bonds is 4. The fourth-order valence-electron chi connectivity index (χ4n) is 2.94. The fraction of sp³-hybridized carbons (Fsp3) is 0.263. The highest BCUT2D eigenvalue weighted by molar-refractivity contribution is 5.81. The Balaban J connectivity index is 1.86. The Bertz CT molecular complexity index is 972. The van der Waals surface area contributed by atoms with Crippen LogP contribution in [0.5, 0.6) is 0 Å². The summed E-state index contributed by atoms with van der Waals surface area (Å²) in [5.74, 6) is -0.498. The van der Waals surface area contributed by atoms with E-state index in [9.17, 15) is 14.0 Å². The number of imidazole rings is 1. The number of para-hydroxylation sites is 2. The second-order valence-corrected chi connectivity index (χ2v) is 6.15. The van der Waals surface area contributed by atoms with Crippen LogP contribution in [-0.4, -0.2) is 27.0 Å². The number of halogens is 1. The number of nitrogens with zero attached hydrogens (tertiary/aromatic N) is 3. The lowest BCUT2D eigenvalue weighted by atomic mass is 10.1. The SMILES string of the molecule is CC(c1ccc(F)cc1)N(C)C(=O)Cn1c(=O)n(C)c2ccccc21. The minimum atomic E-state index is -0.313. The number of hydrogen-bond acceptors (Lipinski definition) is 2. The molecule has 2 aromatic carbocycles. The van der Waals surface area contributed by atoms with Crippen LogP contribution in [0, 0.1) is 5.82 Å². The van der Waals surface area contributed by atoms with E-state index in [2.05, 4.69) is 0 Å². The van der Waals surface area contributed by atoms with E-state index in [4.69, 9.17) is 0 Å². The third-order valence-corrected chi connectivity index (χ3v) is 4.67. The molecule has 3 aromatic rings. The molecule has 0 saturated carbocycles. The van der Waals surface area contributed by atoms with Gasteiger partial charge in [-0.05, 0) is 36.8 Å². The number of aromatic nitrogens is 2. The van der Waals surface area contributed by atoms with Crippen LogP contribution in [-0.2, 0) is 18.4 Å². The zero-order valence-electron chi connectivity index (χ0n) is 14.4. The number of fused-ring (bicyclic) bond motifs is 1. The molecule has 130 valence electrons. The quantitative estimate of drug-likeness (QED) is 0.732. The van der Waals surface area contributed by atoms with E-state index in [0.29, 0.717) is 0 Å². The number of aryl methyl sites for hydroxylation is 1. The summed E-state index contributed by atoms with van der Waals surface area (Å²) >= 11 is 0. The molecule has 0 aliphatic rings. The van der Waals surface area contributed by atoms with E-state index in [1.165, 1.54) is 21.3 Å². The summed E-state index contributed by atoms with van der Waals surface area (Å²) < 4.78 is 16.1. The summed E-state index contributed by atoms with van der Waals surface area (Å²) in [6.45, 7) is 1.83. The van der Waals surface area contributed by atoms with Crippen LogP contribution in [0.15, 0.2) is 53.3 Å². The molecule has 1 unspecified atom stereocenters. The maximum atomic E-state index is 13.1. The molecule has 25 heavy (non-hydrogen) atoms. The first-order valence-electron chi connectivity index (χ1n) is 8.05. The Morgan fingerprint density at radius 1 is 1.12 bits per heavy atom. The molecule has 0 N–H and O–H groups in total. The van der Waals surface area contributed by atoms with Gasteiger partial charge < -0.3 is 4.90 Å². The molecule has 1 heterocycles. The van der Waals surface area contributed by atoms with Crippen LogP contribution in [0.25, 0.3) is 11.0 Å². The van der Waals surface area contributed by atoms with Crippen molar-refractivity contribution < 1.29 is 9.18 Å². The first-order chi connectivity index (χ1) is 11.9. The Kier molecular flexibility index (Phi) is 4.44. The third kappa shape index (κ3) is 3.07. The van der Waals surface area contributed by atoms with Gasteiger partial charge in [0.25, 0.3) is 0 Å². The predicted octanol–water partition coefficient (Wildman–Crippen LogP) is 2.70. The Morgan fingerprint density at radius 2 is 1.72 bits per heavy atom. The van der Waals surface area contributed by atoms with Crippen molar-refractivity contribution in [1.82, 2.24) is 14.0 Å². The van der Waals surface area contributed by atoms with Crippen molar-refractivity contribution in [2.45, 2.75) is 19.5 Å². The molecule has 0 spiro atoms. The van der Waals surface area contributed by atoms with Gasteiger partial charge in [-0.3, -0.25) is 13.9 Å². The standard InChI is InChI=1S/C19H20FN3O2/c1-13(14-8-10-15(20)11-9-14)21(2)18(24)12-23-17-7-5-4-6-16(17)22(3)19(23)25/h4-11,13H,12H2,1-3H3. The third-order valence-electron chi connectivity index (χ3n) is 4.67. The van der Waals surface area contributed by atoms with Gasteiger partial charge in [-0.25, -0.2) is 9.18 Å². The van der Waals surface area contributed by atoms with Crippen molar-refractivity contribution in [2.24, 2.45) is 7.05 Å². The van der Waals surface area contributed by atoms with Crippen molar-refractivity contribution in [2.75, 3.05) is 7.05 Å². The summed E-state index contributed by atoms with van der Waals surface area (Å²) in [5, 5.41) is 0. The Labute approximate surface area is 144 Å². The number of amides is 1. The molecule has 1 atom stereocenters. The van der Waals surface area contributed by atoms with Gasteiger partial charge in [0.2, 0.25) is 5.91 Å². The van der Waals surface area contributed by atoms with E-state index < -0.39 is 0 Å². The van der Waals surface area contributed by atoms with Gasteiger partial charge in [0.1, 0.15) is 12.4 Å². The van der Waals surface area contributed by atoms with Crippen LogP contribution in [0.4, 0.5) is 4.39 Å². The van der Waals surface area contributed by atoms with Crippen LogP contribution >= 0.6 is 0 Å². The second kappa shape index (κ2) is 6.55.